The number of aliphatic hydroxyl groups is 1. The number of Topliss-reactive ketones (excluding diaryl/α,β-unsaturated/α-hetero) is 1. The van der Waals surface area contributed by atoms with Crippen molar-refractivity contribution < 1.29 is 19.4 Å². The molecule has 0 spiro atoms. The molecule has 1 fully saturated rings. The molecule has 1 amide bonds. The van der Waals surface area contributed by atoms with E-state index in [1.165, 1.54) is 16.2 Å². The number of rotatable bonds is 11. The van der Waals surface area contributed by atoms with Gasteiger partial charge in [-0.05, 0) is 62.4 Å². The largest absolute Gasteiger partial charge is 0.388 e. The van der Waals surface area contributed by atoms with Gasteiger partial charge in [-0.25, -0.2) is 0 Å². The summed E-state index contributed by atoms with van der Waals surface area (Å²) in [6.45, 7) is 3.83. The van der Waals surface area contributed by atoms with E-state index in [4.69, 9.17) is 4.74 Å². The Kier molecular flexibility index (Phi) is 8.19. The molecule has 3 rings (SSSR count). The quantitative estimate of drug-likeness (QED) is 0.390. The third-order valence-corrected chi connectivity index (χ3v) is 6.72. The number of thiophene rings is 1. The van der Waals surface area contributed by atoms with Crippen LogP contribution in [0.25, 0.3) is 0 Å². The first-order valence-corrected chi connectivity index (χ1v) is 11.6. The summed E-state index contributed by atoms with van der Waals surface area (Å²) in [5, 5.41) is 10.3. The molecule has 2 unspecified atom stereocenters. The zero-order chi connectivity index (χ0) is 21.5. The summed E-state index contributed by atoms with van der Waals surface area (Å²) in [7, 11) is 0. The number of carbonyl (C=O) groups is 2. The molecule has 2 heterocycles. The third-order valence-electron chi connectivity index (χ3n) is 5.48. The number of ketones is 1. The van der Waals surface area contributed by atoms with Gasteiger partial charge in [-0.15, -0.1) is 11.3 Å². The highest BCUT2D eigenvalue weighted by Crippen LogP contribution is 2.29. The molecule has 5 nitrogen and oxygen atoms in total. The minimum atomic E-state index is -0.461. The Labute approximate surface area is 182 Å². The number of ether oxygens (including phenoxy) is 1. The van der Waals surface area contributed by atoms with E-state index in [-0.39, 0.29) is 24.5 Å². The van der Waals surface area contributed by atoms with Gasteiger partial charge in [0.25, 0.3) is 5.91 Å². The third kappa shape index (κ3) is 5.78. The number of anilines is 1. The lowest BCUT2D eigenvalue weighted by Crippen LogP contribution is -2.33. The summed E-state index contributed by atoms with van der Waals surface area (Å²) < 4.78 is 5.73. The highest BCUT2D eigenvalue weighted by Gasteiger charge is 2.32. The summed E-state index contributed by atoms with van der Waals surface area (Å²) in [6, 6.07) is 11.5. The Morgan fingerprint density at radius 2 is 1.97 bits per heavy atom. The molecule has 1 aliphatic rings. The van der Waals surface area contributed by atoms with E-state index >= 15 is 0 Å². The number of aliphatic hydroxyl groups excluding tert-OH is 1. The summed E-state index contributed by atoms with van der Waals surface area (Å²) in [6.07, 6.45) is 5.77. The first-order chi connectivity index (χ1) is 14.5. The van der Waals surface area contributed by atoms with E-state index in [1.54, 1.807) is 11.8 Å². The Bertz CT molecular complexity index is 845. The average molecular weight is 430 g/mol. The molecule has 162 valence electrons. The fourth-order valence-corrected chi connectivity index (χ4v) is 4.70. The molecule has 0 saturated carbocycles. The Hall–Kier alpha value is -2.02. The van der Waals surface area contributed by atoms with Gasteiger partial charge in [-0.1, -0.05) is 38.3 Å². The lowest BCUT2D eigenvalue weighted by molar-refractivity contribution is -0.117. The van der Waals surface area contributed by atoms with Crippen LogP contribution in [-0.4, -0.2) is 29.6 Å². The van der Waals surface area contributed by atoms with Gasteiger partial charge in [0.15, 0.2) is 5.78 Å². The number of amides is 1. The van der Waals surface area contributed by atoms with Gasteiger partial charge < -0.3 is 9.84 Å². The Balaban J connectivity index is 1.56. The fraction of sp³-hybridized carbons (Fsp3) is 0.500. The van der Waals surface area contributed by atoms with Crippen LogP contribution in [0.3, 0.4) is 0 Å². The molecule has 0 aliphatic carbocycles. The standard InChI is InChI=1S/C24H31NO4S/c1-3-4-5-8-21(27)18-10-12-19(13-11-18)25-23(28)16-29-24(25)9-6-7-20-14-15-22(30-20)17(2)26/h10-15,21,24,27H,3-9,16H2,1-2H3. The molecular formula is C24H31NO4S. The molecule has 1 aromatic carbocycles. The maximum Gasteiger partial charge on any atom is 0.255 e. The summed E-state index contributed by atoms with van der Waals surface area (Å²) in [4.78, 5) is 27.5. The van der Waals surface area contributed by atoms with E-state index in [0.717, 1.165) is 61.1 Å². The van der Waals surface area contributed by atoms with Crippen LogP contribution in [0.1, 0.15) is 78.6 Å². The van der Waals surface area contributed by atoms with Crippen molar-refractivity contribution in [1.82, 2.24) is 0 Å². The molecular weight excluding hydrogens is 398 g/mol. The average Bonchev–Trinajstić information content (AvgIpc) is 3.35. The monoisotopic (exact) mass is 429 g/mol. The summed E-state index contributed by atoms with van der Waals surface area (Å²) in [5.41, 5.74) is 1.69. The number of benzene rings is 1. The second kappa shape index (κ2) is 10.8. The highest BCUT2D eigenvalue weighted by atomic mass is 32.1. The predicted molar refractivity (Wildman–Crippen MR) is 120 cm³/mol. The highest BCUT2D eigenvalue weighted by molar-refractivity contribution is 7.14. The molecule has 0 radical (unpaired) electrons. The number of nitrogens with zero attached hydrogens (tertiary/aromatic N) is 1. The van der Waals surface area contributed by atoms with Crippen LogP contribution >= 0.6 is 11.3 Å². The Morgan fingerprint density at radius 3 is 2.63 bits per heavy atom. The van der Waals surface area contributed by atoms with Crippen molar-refractivity contribution in [2.24, 2.45) is 0 Å². The minimum Gasteiger partial charge on any atom is -0.388 e. The molecule has 1 N–H and O–H groups in total. The number of unbranched alkanes of at least 4 members (excludes halogenated alkanes) is 2. The van der Waals surface area contributed by atoms with E-state index in [1.807, 2.05) is 36.4 Å². The molecule has 1 aliphatic heterocycles. The molecule has 1 aromatic heterocycles. The van der Waals surface area contributed by atoms with Gasteiger partial charge in [0, 0.05) is 10.6 Å². The van der Waals surface area contributed by atoms with Crippen LogP contribution in [0.15, 0.2) is 36.4 Å². The summed E-state index contributed by atoms with van der Waals surface area (Å²) >= 11 is 1.54. The number of hydrogen-bond donors (Lipinski definition) is 1. The van der Waals surface area contributed by atoms with Gasteiger partial charge >= 0.3 is 0 Å². The molecule has 1 saturated heterocycles. The minimum absolute atomic E-state index is 0.0359. The fourth-order valence-electron chi connectivity index (χ4n) is 3.76. The Morgan fingerprint density at radius 1 is 1.20 bits per heavy atom. The van der Waals surface area contributed by atoms with Gasteiger partial charge in [0.2, 0.25) is 0 Å². The zero-order valence-corrected chi connectivity index (χ0v) is 18.6. The van der Waals surface area contributed by atoms with Crippen LogP contribution in [-0.2, 0) is 16.0 Å². The second-order valence-electron chi connectivity index (χ2n) is 7.85. The van der Waals surface area contributed by atoms with E-state index in [0.29, 0.717) is 0 Å². The second-order valence-corrected chi connectivity index (χ2v) is 9.02. The molecule has 2 atom stereocenters. The van der Waals surface area contributed by atoms with Crippen molar-refractivity contribution >= 4 is 28.7 Å². The lowest BCUT2D eigenvalue weighted by Gasteiger charge is -2.23. The van der Waals surface area contributed by atoms with Gasteiger partial charge in [0.1, 0.15) is 12.8 Å². The smallest absolute Gasteiger partial charge is 0.255 e. The van der Waals surface area contributed by atoms with Crippen molar-refractivity contribution in [2.75, 3.05) is 11.5 Å². The van der Waals surface area contributed by atoms with Crippen molar-refractivity contribution in [1.29, 1.82) is 0 Å². The van der Waals surface area contributed by atoms with Crippen LogP contribution in [0.5, 0.6) is 0 Å². The molecule has 0 bridgehead atoms. The van der Waals surface area contributed by atoms with E-state index in [9.17, 15) is 14.7 Å². The van der Waals surface area contributed by atoms with Crippen LogP contribution in [0.2, 0.25) is 0 Å². The number of carbonyl (C=O) groups excluding carboxylic acids is 2. The van der Waals surface area contributed by atoms with Crippen molar-refractivity contribution in [3.8, 4) is 0 Å². The van der Waals surface area contributed by atoms with Crippen molar-refractivity contribution in [2.45, 2.75) is 71.1 Å². The van der Waals surface area contributed by atoms with Crippen molar-refractivity contribution in [3.63, 3.8) is 0 Å². The van der Waals surface area contributed by atoms with E-state index < -0.39 is 6.10 Å². The van der Waals surface area contributed by atoms with Gasteiger partial charge in [-0.2, -0.15) is 0 Å². The topological polar surface area (TPSA) is 66.8 Å². The van der Waals surface area contributed by atoms with Crippen molar-refractivity contribution in [3.05, 3.63) is 51.7 Å². The van der Waals surface area contributed by atoms with Gasteiger partial charge in [-0.3, -0.25) is 14.5 Å². The zero-order valence-electron chi connectivity index (χ0n) is 17.8. The number of aryl methyl sites for hydroxylation is 1. The molecule has 30 heavy (non-hydrogen) atoms. The number of hydrogen-bond acceptors (Lipinski definition) is 5. The molecule has 6 heteroatoms. The van der Waals surface area contributed by atoms with Crippen LogP contribution in [0.4, 0.5) is 5.69 Å². The predicted octanol–water partition coefficient (Wildman–Crippen LogP) is 5.28. The molecule has 2 aromatic rings. The maximum atomic E-state index is 12.4. The first-order valence-electron chi connectivity index (χ1n) is 10.8. The van der Waals surface area contributed by atoms with Crippen LogP contribution in [0, 0.1) is 0 Å². The SMILES string of the molecule is CCCCCC(O)c1ccc(N2C(=O)COC2CCCc2ccc(C(C)=O)s2)cc1. The normalized spacial score (nSPS) is 17.5. The maximum absolute atomic E-state index is 12.4. The van der Waals surface area contributed by atoms with Crippen LogP contribution < -0.4 is 4.90 Å². The lowest BCUT2D eigenvalue weighted by atomic mass is 10.0. The van der Waals surface area contributed by atoms with Gasteiger partial charge in [0.05, 0.1) is 11.0 Å². The van der Waals surface area contributed by atoms with E-state index in [2.05, 4.69) is 6.92 Å². The first kappa shape index (κ1) is 22.7. The summed E-state index contributed by atoms with van der Waals surface area (Å²) in [5.74, 6) is 0.0623.